The van der Waals surface area contributed by atoms with Gasteiger partial charge in [-0.05, 0) is 43.5 Å². The molecule has 0 amide bonds. The van der Waals surface area contributed by atoms with Gasteiger partial charge in [0.1, 0.15) is 17.5 Å². The fraction of sp³-hybridized carbons (Fsp3) is 0.333. The van der Waals surface area contributed by atoms with Gasteiger partial charge in [-0.25, -0.2) is 4.98 Å². The molecule has 0 radical (unpaired) electrons. The Labute approximate surface area is 136 Å². The molecule has 0 saturated carbocycles. The van der Waals surface area contributed by atoms with Crippen molar-refractivity contribution < 1.29 is 9.47 Å². The molecule has 0 atom stereocenters. The molecule has 0 aliphatic carbocycles. The molecular formula is C18H21N3O2. The van der Waals surface area contributed by atoms with Crippen molar-refractivity contribution >= 4 is 5.82 Å². The molecule has 23 heavy (non-hydrogen) atoms. The minimum Gasteiger partial charge on any atom is -0.493 e. The number of nitrogens with zero attached hydrogens (tertiary/aromatic N) is 2. The summed E-state index contributed by atoms with van der Waals surface area (Å²) in [6, 6.07) is 7.83. The molecule has 0 bridgehead atoms. The third kappa shape index (κ3) is 3.07. The largest absolute Gasteiger partial charge is 0.493 e. The van der Waals surface area contributed by atoms with E-state index in [0.29, 0.717) is 23.7 Å². The quantitative estimate of drug-likeness (QED) is 0.914. The summed E-state index contributed by atoms with van der Waals surface area (Å²) in [6.45, 7) is 6.42. The zero-order chi connectivity index (χ0) is 17.0. The zero-order valence-electron chi connectivity index (χ0n) is 13.9. The van der Waals surface area contributed by atoms with Crippen molar-refractivity contribution in [2.75, 3.05) is 19.5 Å². The predicted molar refractivity (Wildman–Crippen MR) is 90.6 cm³/mol. The number of aromatic nitrogens is 1. The Bertz CT molecular complexity index is 764. The average Bonchev–Trinajstić information content (AvgIpc) is 2.55. The van der Waals surface area contributed by atoms with Gasteiger partial charge in [0.2, 0.25) is 0 Å². The minimum atomic E-state index is 0.255. The Morgan fingerprint density at radius 2 is 2.00 bits per heavy atom. The Morgan fingerprint density at radius 3 is 2.57 bits per heavy atom. The second-order valence-electron chi connectivity index (χ2n) is 5.08. The van der Waals surface area contributed by atoms with Crippen LogP contribution in [-0.4, -0.2) is 18.7 Å². The third-order valence-corrected chi connectivity index (χ3v) is 3.75. The molecule has 2 rings (SSSR count). The van der Waals surface area contributed by atoms with Gasteiger partial charge >= 0.3 is 0 Å². The number of hydrogen-bond acceptors (Lipinski definition) is 5. The van der Waals surface area contributed by atoms with Crippen molar-refractivity contribution in [3.05, 3.63) is 35.0 Å². The molecule has 0 spiro atoms. The smallest absolute Gasteiger partial charge is 0.161 e. The highest BCUT2D eigenvalue weighted by molar-refractivity contribution is 5.80. The number of hydrogen-bond donors (Lipinski definition) is 1. The lowest BCUT2D eigenvalue weighted by molar-refractivity contribution is 0.311. The van der Waals surface area contributed by atoms with E-state index in [2.05, 4.69) is 11.1 Å². The summed E-state index contributed by atoms with van der Waals surface area (Å²) < 4.78 is 11.0. The highest BCUT2D eigenvalue weighted by Crippen LogP contribution is 2.37. The first-order valence-electron chi connectivity index (χ1n) is 7.57. The molecule has 2 aromatic rings. The number of methoxy groups -OCH3 is 1. The maximum Gasteiger partial charge on any atom is 0.161 e. The van der Waals surface area contributed by atoms with Crippen molar-refractivity contribution in [3.8, 4) is 28.7 Å². The van der Waals surface area contributed by atoms with Gasteiger partial charge in [0.15, 0.2) is 11.5 Å². The summed E-state index contributed by atoms with van der Waals surface area (Å²) in [5.41, 5.74) is 9.90. The lowest BCUT2D eigenvalue weighted by Gasteiger charge is -2.16. The number of nitrogens with two attached hydrogens (primary N) is 1. The minimum absolute atomic E-state index is 0.255. The first-order chi connectivity index (χ1) is 11.1. The lowest BCUT2D eigenvalue weighted by Crippen LogP contribution is -2.05. The lowest BCUT2D eigenvalue weighted by atomic mass is 9.92. The van der Waals surface area contributed by atoms with E-state index >= 15 is 0 Å². The topological polar surface area (TPSA) is 81.2 Å². The van der Waals surface area contributed by atoms with Crippen molar-refractivity contribution in [2.24, 2.45) is 0 Å². The molecule has 0 fully saturated rings. The van der Waals surface area contributed by atoms with Gasteiger partial charge in [0.05, 0.1) is 13.7 Å². The molecule has 1 heterocycles. The fourth-order valence-electron chi connectivity index (χ4n) is 2.73. The summed E-state index contributed by atoms with van der Waals surface area (Å²) in [4.78, 5) is 4.29. The van der Waals surface area contributed by atoms with Gasteiger partial charge in [-0.15, -0.1) is 0 Å². The Hall–Kier alpha value is -2.74. The Morgan fingerprint density at radius 1 is 1.26 bits per heavy atom. The number of pyridine rings is 1. The molecule has 5 nitrogen and oxygen atoms in total. The van der Waals surface area contributed by atoms with Gasteiger partial charge in [-0.3, -0.25) is 0 Å². The van der Waals surface area contributed by atoms with Crippen LogP contribution in [0.25, 0.3) is 11.1 Å². The van der Waals surface area contributed by atoms with Crippen LogP contribution in [-0.2, 0) is 6.42 Å². The third-order valence-electron chi connectivity index (χ3n) is 3.75. The van der Waals surface area contributed by atoms with Crippen molar-refractivity contribution in [1.29, 1.82) is 5.26 Å². The Kier molecular flexibility index (Phi) is 5.07. The molecule has 1 aromatic heterocycles. The number of anilines is 1. The van der Waals surface area contributed by atoms with Crippen LogP contribution in [0.2, 0.25) is 0 Å². The second kappa shape index (κ2) is 7.01. The molecule has 0 saturated heterocycles. The van der Waals surface area contributed by atoms with E-state index in [9.17, 15) is 5.26 Å². The van der Waals surface area contributed by atoms with Crippen LogP contribution in [0, 0.1) is 18.3 Å². The highest BCUT2D eigenvalue weighted by Gasteiger charge is 2.18. The SMILES string of the molecule is CCOc1ccc(-c2c(C#N)c(N)nc(C)c2CC)cc1OC. The van der Waals surface area contributed by atoms with Crippen LogP contribution >= 0.6 is 0 Å². The van der Waals surface area contributed by atoms with E-state index in [1.807, 2.05) is 39.0 Å². The normalized spacial score (nSPS) is 10.2. The average molecular weight is 311 g/mol. The first-order valence-corrected chi connectivity index (χ1v) is 7.57. The fourth-order valence-corrected chi connectivity index (χ4v) is 2.73. The van der Waals surface area contributed by atoms with Crippen LogP contribution in [0.15, 0.2) is 18.2 Å². The Balaban J connectivity index is 2.73. The van der Waals surface area contributed by atoms with Crippen molar-refractivity contribution in [3.63, 3.8) is 0 Å². The maximum atomic E-state index is 9.51. The first kappa shape index (κ1) is 16.6. The van der Waals surface area contributed by atoms with Crippen LogP contribution in [0.1, 0.15) is 30.7 Å². The van der Waals surface area contributed by atoms with E-state index in [4.69, 9.17) is 15.2 Å². The molecule has 0 aliphatic heterocycles. The molecule has 0 unspecified atom stereocenters. The molecule has 5 heteroatoms. The summed E-state index contributed by atoms with van der Waals surface area (Å²) >= 11 is 0. The number of nitriles is 1. The highest BCUT2D eigenvalue weighted by atomic mass is 16.5. The number of ether oxygens (including phenoxy) is 2. The second-order valence-corrected chi connectivity index (χ2v) is 5.08. The molecule has 2 N–H and O–H groups in total. The monoisotopic (exact) mass is 311 g/mol. The van der Waals surface area contributed by atoms with Gasteiger partial charge in [0, 0.05) is 11.3 Å². The maximum absolute atomic E-state index is 9.51. The van der Waals surface area contributed by atoms with E-state index in [0.717, 1.165) is 28.8 Å². The molecule has 120 valence electrons. The molecule has 0 aliphatic rings. The van der Waals surface area contributed by atoms with E-state index in [1.165, 1.54) is 0 Å². The standard InChI is InChI=1S/C18H21N3O2/c1-5-13-11(3)21-18(20)14(10-19)17(13)12-7-8-15(23-6-2)16(9-12)22-4/h7-9H,5-6H2,1-4H3,(H2,20,21). The summed E-state index contributed by atoms with van der Waals surface area (Å²) in [5, 5.41) is 9.51. The summed E-state index contributed by atoms with van der Waals surface area (Å²) in [5.74, 6) is 1.56. The summed E-state index contributed by atoms with van der Waals surface area (Å²) in [7, 11) is 1.60. The number of benzene rings is 1. The predicted octanol–water partition coefficient (Wildman–Crippen LogP) is 3.48. The van der Waals surface area contributed by atoms with Crippen molar-refractivity contribution in [2.45, 2.75) is 27.2 Å². The number of rotatable bonds is 5. The van der Waals surface area contributed by atoms with Crippen LogP contribution in [0.5, 0.6) is 11.5 Å². The molecule has 1 aromatic carbocycles. The van der Waals surface area contributed by atoms with Crippen molar-refractivity contribution in [1.82, 2.24) is 4.98 Å². The van der Waals surface area contributed by atoms with E-state index in [1.54, 1.807) is 7.11 Å². The number of aryl methyl sites for hydroxylation is 1. The van der Waals surface area contributed by atoms with Crippen LogP contribution in [0.3, 0.4) is 0 Å². The van der Waals surface area contributed by atoms with Gasteiger partial charge in [-0.2, -0.15) is 5.26 Å². The van der Waals surface area contributed by atoms with Gasteiger partial charge in [-0.1, -0.05) is 13.0 Å². The van der Waals surface area contributed by atoms with E-state index < -0.39 is 0 Å². The van der Waals surface area contributed by atoms with Gasteiger partial charge < -0.3 is 15.2 Å². The number of nitrogen functional groups attached to an aromatic ring is 1. The zero-order valence-corrected chi connectivity index (χ0v) is 13.9. The van der Waals surface area contributed by atoms with Gasteiger partial charge in [0.25, 0.3) is 0 Å². The van der Waals surface area contributed by atoms with Crippen LogP contribution < -0.4 is 15.2 Å². The molecular weight excluding hydrogens is 290 g/mol. The van der Waals surface area contributed by atoms with Crippen LogP contribution in [0.4, 0.5) is 5.82 Å². The van der Waals surface area contributed by atoms with E-state index in [-0.39, 0.29) is 5.82 Å². The summed E-state index contributed by atoms with van der Waals surface area (Å²) in [6.07, 6.45) is 0.763.